The van der Waals surface area contributed by atoms with E-state index in [9.17, 15) is 46.5 Å². The molecule has 30 heavy (non-hydrogen) atoms. The summed E-state index contributed by atoms with van der Waals surface area (Å²) < 4.78 is 80.2. The molecule has 0 saturated heterocycles. The Morgan fingerprint density at radius 3 is 2.13 bits per heavy atom. The Morgan fingerprint density at radius 1 is 1.03 bits per heavy atom. The second-order valence-corrected chi connectivity index (χ2v) is 6.76. The Hall–Kier alpha value is -1.37. The minimum absolute atomic E-state index is 0.0180. The summed E-state index contributed by atoms with van der Waals surface area (Å²) in [5.74, 6) is -11.1. The van der Waals surface area contributed by atoms with Crippen molar-refractivity contribution in [1.29, 1.82) is 0 Å². The fourth-order valence-electron chi connectivity index (χ4n) is 2.43. The van der Waals surface area contributed by atoms with Crippen molar-refractivity contribution in [3.8, 4) is 0 Å². The van der Waals surface area contributed by atoms with E-state index in [2.05, 4.69) is 4.74 Å². The zero-order valence-electron chi connectivity index (χ0n) is 16.5. The van der Waals surface area contributed by atoms with E-state index in [-0.39, 0.29) is 19.4 Å². The highest BCUT2D eigenvalue weighted by atomic mass is 19.3. The van der Waals surface area contributed by atoms with Crippen LogP contribution in [0.25, 0.3) is 0 Å². The van der Waals surface area contributed by atoms with Gasteiger partial charge in [0.15, 0.2) is 0 Å². The molecule has 0 aliphatic heterocycles. The highest BCUT2D eigenvalue weighted by molar-refractivity contribution is 5.76. The Bertz CT molecular complexity index is 535. The minimum atomic E-state index is -5.37. The lowest BCUT2D eigenvalue weighted by atomic mass is 10.0. The largest absolute Gasteiger partial charge is 0.465 e. The Morgan fingerprint density at radius 2 is 1.60 bits per heavy atom. The van der Waals surface area contributed by atoms with Gasteiger partial charge in [-0.25, -0.2) is 8.78 Å². The maximum atomic E-state index is 13.1. The molecule has 0 heterocycles. The molecule has 0 saturated carbocycles. The first-order valence-electron chi connectivity index (χ1n) is 9.46. The van der Waals surface area contributed by atoms with Gasteiger partial charge in [0.1, 0.15) is 24.4 Å². The van der Waals surface area contributed by atoms with Gasteiger partial charge in [-0.2, -0.15) is 17.6 Å². The Balaban J connectivity index is 4.20. The average Bonchev–Trinajstić information content (AvgIpc) is 2.67. The molecule has 0 radical (unpaired) electrons. The summed E-state index contributed by atoms with van der Waals surface area (Å²) >= 11 is 0. The molecule has 0 aromatic carbocycles. The van der Waals surface area contributed by atoms with Crippen molar-refractivity contribution in [3.05, 3.63) is 12.2 Å². The van der Waals surface area contributed by atoms with Crippen molar-refractivity contribution in [2.75, 3.05) is 6.61 Å². The molecule has 12 heteroatoms. The van der Waals surface area contributed by atoms with Crippen molar-refractivity contribution in [2.24, 2.45) is 5.73 Å². The summed E-state index contributed by atoms with van der Waals surface area (Å²) in [7, 11) is 0. The molecule has 0 fully saturated rings. The number of ether oxygens (including phenoxy) is 1. The van der Waals surface area contributed by atoms with Gasteiger partial charge < -0.3 is 25.8 Å². The van der Waals surface area contributed by atoms with Gasteiger partial charge in [0.25, 0.3) is 0 Å². The first-order chi connectivity index (χ1) is 13.8. The van der Waals surface area contributed by atoms with Gasteiger partial charge in [0, 0.05) is 6.42 Å². The normalized spacial score (nSPS) is 17.2. The molecule has 0 aliphatic rings. The van der Waals surface area contributed by atoms with Gasteiger partial charge in [-0.3, -0.25) is 4.79 Å². The number of halogens is 6. The summed E-state index contributed by atoms with van der Waals surface area (Å²) in [6, 6.07) is -1.56. The number of alkyl halides is 6. The first-order valence-corrected chi connectivity index (χ1v) is 9.46. The Kier molecular flexibility index (Phi) is 12.5. The van der Waals surface area contributed by atoms with Crippen molar-refractivity contribution < 1.29 is 51.2 Å². The SMILES string of the molecule is CCOC(=O)C(N)C(O)C(O)C(O)/C=C/CCCCCCC(F)(F)C(F)(F)C(F)F. The number of nitrogens with two attached hydrogens (primary N) is 1. The second kappa shape index (κ2) is 13.1. The van der Waals surface area contributed by atoms with Crippen LogP contribution in [0.15, 0.2) is 12.2 Å². The topological polar surface area (TPSA) is 113 Å². The zero-order valence-corrected chi connectivity index (χ0v) is 16.5. The van der Waals surface area contributed by atoms with E-state index in [4.69, 9.17) is 5.73 Å². The summed E-state index contributed by atoms with van der Waals surface area (Å²) in [6.07, 6.45) is -7.48. The number of hydrogen-bond acceptors (Lipinski definition) is 6. The highest BCUT2D eigenvalue weighted by Gasteiger charge is 2.61. The molecular weight excluding hydrogens is 424 g/mol. The third-order valence-electron chi connectivity index (χ3n) is 4.33. The number of esters is 1. The number of aliphatic hydroxyl groups excluding tert-OH is 3. The van der Waals surface area contributed by atoms with E-state index in [0.717, 1.165) is 6.08 Å². The van der Waals surface area contributed by atoms with Crippen LogP contribution in [0.2, 0.25) is 0 Å². The van der Waals surface area contributed by atoms with Gasteiger partial charge in [0.05, 0.1) is 6.61 Å². The maximum Gasteiger partial charge on any atom is 0.369 e. The molecule has 4 unspecified atom stereocenters. The lowest BCUT2D eigenvalue weighted by molar-refractivity contribution is -0.266. The van der Waals surface area contributed by atoms with Gasteiger partial charge in [-0.15, -0.1) is 0 Å². The summed E-state index contributed by atoms with van der Waals surface area (Å²) in [5, 5.41) is 29.4. The monoisotopic (exact) mass is 453 g/mol. The predicted molar refractivity (Wildman–Crippen MR) is 95.4 cm³/mol. The average molecular weight is 453 g/mol. The van der Waals surface area contributed by atoms with E-state index >= 15 is 0 Å². The molecule has 0 aromatic rings. The molecule has 0 rings (SSSR count). The predicted octanol–water partition coefficient (Wildman–Crippen LogP) is 2.39. The van der Waals surface area contributed by atoms with Crippen molar-refractivity contribution >= 4 is 5.97 Å². The van der Waals surface area contributed by atoms with Crippen LogP contribution in [0.1, 0.15) is 45.4 Å². The van der Waals surface area contributed by atoms with Crippen LogP contribution in [0.4, 0.5) is 26.3 Å². The van der Waals surface area contributed by atoms with Crippen molar-refractivity contribution in [2.45, 2.75) is 88.1 Å². The number of rotatable bonds is 15. The van der Waals surface area contributed by atoms with Crippen molar-refractivity contribution in [1.82, 2.24) is 0 Å². The lowest BCUT2D eigenvalue weighted by Gasteiger charge is -2.25. The molecule has 178 valence electrons. The van der Waals surface area contributed by atoms with Crippen LogP contribution in [0, 0.1) is 0 Å². The van der Waals surface area contributed by atoms with Gasteiger partial charge in [-0.05, 0) is 26.2 Å². The minimum Gasteiger partial charge on any atom is -0.465 e. The maximum absolute atomic E-state index is 13.1. The second-order valence-electron chi connectivity index (χ2n) is 6.76. The van der Waals surface area contributed by atoms with Crippen LogP contribution in [-0.2, 0) is 9.53 Å². The van der Waals surface area contributed by atoms with Crippen LogP contribution < -0.4 is 5.73 Å². The number of aliphatic hydroxyl groups is 3. The number of unbranched alkanes of at least 4 members (excludes halogenated alkanes) is 4. The van der Waals surface area contributed by atoms with Crippen molar-refractivity contribution in [3.63, 3.8) is 0 Å². The van der Waals surface area contributed by atoms with Gasteiger partial charge >= 0.3 is 24.2 Å². The van der Waals surface area contributed by atoms with Crippen LogP contribution in [0.3, 0.4) is 0 Å². The lowest BCUT2D eigenvalue weighted by Crippen LogP contribution is -2.52. The van der Waals surface area contributed by atoms with Crippen LogP contribution in [0.5, 0.6) is 0 Å². The molecular formula is C18H29F6NO5. The summed E-state index contributed by atoms with van der Waals surface area (Å²) in [4.78, 5) is 11.4. The third kappa shape index (κ3) is 8.78. The van der Waals surface area contributed by atoms with Gasteiger partial charge in [0.2, 0.25) is 0 Å². The van der Waals surface area contributed by atoms with E-state index < -0.39 is 55.0 Å². The molecule has 0 amide bonds. The van der Waals surface area contributed by atoms with E-state index in [0.29, 0.717) is 19.3 Å². The quantitative estimate of drug-likeness (QED) is 0.131. The summed E-state index contributed by atoms with van der Waals surface area (Å²) in [5.41, 5.74) is 5.42. The molecule has 0 bridgehead atoms. The molecule has 5 N–H and O–H groups in total. The first kappa shape index (κ1) is 28.6. The Labute approximate surface area is 170 Å². The smallest absolute Gasteiger partial charge is 0.369 e. The van der Waals surface area contributed by atoms with E-state index in [1.165, 1.54) is 13.0 Å². The van der Waals surface area contributed by atoms with Crippen LogP contribution >= 0.6 is 0 Å². The van der Waals surface area contributed by atoms with E-state index in [1.54, 1.807) is 0 Å². The van der Waals surface area contributed by atoms with Crippen LogP contribution in [-0.4, -0.2) is 70.5 Å². The summed E-state index contributed by atoms with van der Waals surface area (Å²) in [6.45, 7) is 1.54. The van der Waals surface area contributed by atoms with E-state index in [1.807, 2.05) is 0 Å². The number of carbonyl (C=O) groups excluding carboxylic acids is 1. The molecule has 0 aliphatic carbocycles. The fourth-order valence-corrected chi connectivity index (χ4v) is 2.43. The number of carbonyl (C=O) groups is 1. The molecule has 0 spiro atoms. The number of allylic oxidation sites excluding steroid dienone is 1. The highest BCUT2D eigenvalue weighted by Crippen LogP contribution is 2.42. The molecule has 6 nitrogen and oxygen atoms in total. The zero-order chi connectivity index (χ0) is 23.5. The third-order valence-corrected chi connectivity index (χ3v) is 4.33. The number of hydrogen-bond donors (Lipinski definition) is 4. The van der Waals surface area contributed by atoms with Gasteiger partial charge in [-0.1, -0.05) is 25.0 Å². The molecule has 4 atom stereocenters. The fraction of sp³-hybridized carbons (Fsp3) is 0.833. The standard InChI is InChI=1S/C18H29F6NO5/c1-2-30-15(29)12(25)14(28)13(27)11(26)9-7-5-3-4-6-8-10-17(21,22)18(23,24)16(19)20/h7,9,11-14,16,26-28H,2-6,8,10,25H2,1H3/b9-7+. The molecule has 0 aromatic heterocycles.